The third-order valence-electron chi connectivity index (χ3n) is 3.17. The van der Waals surface area contributed by atoms with Crippen molar-refractivity contribution in [3.8, 4) is 11.5 Å². The first-order valence-electron chi connectivity index (χ1n) is 7.19. The summed E-state index contributed by atoms with van der Waals surface area (Å²) in [7, 11) is 2.99. The number of hydrogen-bond acceptors (Lipinski definition) is 4. The molecule has 0 fully saturated rings. The molecule has 2 amide bonds. The highest BCUT2D eigenvalue weighted by atomic mass is 16.5. The first kappa shape index (κ1) is 17.1. The van der Waals surface area contributed by atoms with Crippen molar-refractivity contribution in [1.82, 2.24) is 10.9 Å². The Labute approximate surface area is 140 Å². The number of benzene rings is 2. The van der Waals surface area contributed by atoms with Gasteiger partial charge in [0.15, 0.2) is 11.5 Å². The maximum absolute atomic E-state index is 12.0. The van der Waals surface area contributed by atoms with E-state index in [1.54, 1.807) is 18.2 Å². The van der Waals surface area contributed by atoms with E-state index in [4.69, 9.17) is 9.47 Å². The predicted octanol–water partition coefficient (Wildman–Crippen LogP) is 2.18. The molecule has 0 unspecified atom stereocenters. The van der Waals surface area contributed by atoms with Crippen molar-refractivity contribution in [2.75, 3.05) is 14.2 Å². The molecule has 0 heterocycles. The van der Waals surface area contributed by atoms with Gasteiger partial charge in [-0.05, 0) is 29.8 Å². The molecule has 2 N–H and O–H groups in total. The van der Waals surface area contributed by atoms with Crippen LogP contribution >= 0.6 is 0 Å². The second-order valence-corrected chi connectivity index (χ2v) is 4.76. The van der Waals surface area contributed by atoms with Gasteiger partial charge in [0.05, 0.1) is 14.2 Å². The Kier molecular flexibility index (Phi) is 5.96. The summed E-state index contributed by atoms with van der Waals surface area (Å²) in [5.41, 5.74) is 5.88. The number of carbonyl (C=O) groups is 2. The van der Waals surface area contributed by atoms with E-state index in [0.29, 0.717) is 17.1 Å². The zero-order chi connectivity index (χ0) is 17.4. The average molecular weight is 326 g/mol. The van der Waals surface area contributed by atoms with Gasteiger partial charge < -0.3 is 9.47 Å². The highest BCUT2D eigenvalue weighted by Crippen LogP contribution is 2.27. The van der Waals surface area contributed by atoms with Crippen LogP contribution in [0, 0.1) is 0 Å². The maximum Gasteiger partial charge on any atom is 0.269 e. The predicted molar refractivity (Wildman–Crippen MR) is 90.6 cm³/mol. The minimum atomic E-state index is -0.461. The fourth-order valence-electron chi connectivity index (χ4n) is 1.95. The first-order valence-corrected chi connectivity index (χ1v) is 7.19. The highest BCUT2D eigenvalue weighted by molar-refractivity contribution is 5.98. The molecule has 0 spiro atoms. The second-order valence-electron chi connectivity index (χ2n) is 4.76. The maximum atomic E-state index is 12.0. The van der Waals surface area contributed by atoms with E-state index in [9.17, 15) is 9.59 Å². The molecule has 24 heavy (non-hydrogen) atoms. The molecule has 2 rings (SSSR count). The van der Waals surface area contributed by atoms with E-state index in [-0.39, 0.29) is 0 Å². The van der Waals surface area contributed by atoms with Gasteiger partial charge in [-0.15, -0.1) is 0 Å². The number of nitrogens with one attached hydrogen (secondary N) is 2. The lowest BCUT2D eigenvalue weighted by Crippen LogP contribution is -2.40. The summed E-state index contributed by atoms with van der Waals surface area (Å²) in [6, 6.07) is 14.1. The molecule has 0 aliphatic carbocycles. The lowest BCUT2D eigenvalue weighted by Gasteiger charge is -2.10. The Morgan fingerprint density at radius 2 is 1.62 bits per heavy atom. The Hall–Kier alpha value is -3.28. The fourth-order valence-corrected chi connectivity index (χ4v) is 1.95. The molecule has 6 heteroatoms. The number of hydrazine groups is 1. The number of methoxy groups -OCH3 is 2. The monoisotopic (exact) mass is 326 g/mol. The van der Waals surface area contributed by atoms with Crippen LogP contribution in [0.1, 0.15) is 15.9 Å². The van der Waals surface area contributed by atoms with E-state index in [2.05, 4.69) is 10.9 Å². The van der Waals surface area contributed by atoms with Crippen LogP contribution in [-0.2, 0) is 4.79 Å². The van der Waals surface area contributed by atoms with E-state index in [1.807, 2.05) is 30.3 Å². The second kappa shape index (κ2) is 8.38. The van der Waals surface area contributed by atoms with Gasteiger partial charge in [-0.1, -0.05) is 30.3 Å². The molecule has 124 valence electrons. The van der Waals surface area contributed by atoms with Crippen LogP contribution < -0.4 is 20.3 Å². The molecular formula is C18H18N2O4. The first-order chi connectivity index (χ1) is 11.6. The van der Waals surface area contributed by atoms with Gasteiger partial charge in [0, 0.05) is 11.6 Å². The fraction of sp³-hybridized carbons (Fsp3) is 0.111. The largest absolute Gasteiger partial charge is 0.493 e. The van der Waals surface area contributed by atoms with Crippen LogP contribution in [0.4, 0.5) is 0 Å². The normalized spacial score (nSPS) is 10.2. The minimum Gasteiger partial charge on any atom is -0.493 e. The SMILES string of the molecule is COc1ccc(C(=O)NNC(=O)/C=C/c2ccccc2)cc1OC. The number of hydrogen-bond donors (Lipinski definition) is 2. The van der Waals surface area contributed by atoms with Crippen LogP contribution in [0.5, 0.6) is 11.5 Å². The van der Waals surface area contributed by atoms with Gasteiger partial charge >= 0.3 is 0 Å². The summed E-state index contributed by atoms with van der Waals surface area (Å²) in [5.74, 6) is 0.0504. The number of amides is 2. The molecule has 0 saturated heterocycles. The summed E-state index contributed by atoms with van der Waals surface area (Å²) < 4.78 is 10.2. The van der Waals surface area contributed by atoms with E-state index < -0.39 is 11.8 Å². The average Bonchev–Trinajstić information content (AvgIpc) is 2.64. The lowest BCUT2D eigenvalue weighted by molar-refractivity contribution is -0.117. The molecule has 0 aliphatic heterocycles. The molecule has 0 radical (unpaired) electrons. The Morgan fingerprint density at radius 1 is 0.917 bits per heavy atom. The third kappa shape index (κ3) is 4.61. The smallest absolute Gasteiger partial charge is 0.269 e. The Bertz CT molecular complexity index is 742. The molecule has 0 atom stereocenters. The lowest BCUT2D eigenvalue weighted by atomic mass is 10.2. The summed E-state index contributed by atoms with van der Waals surface area (Å²) in [6.07, 6.45) is 2.99. The molecule has 0 aliphatic rings. The van der Waals surface area contributed by atoms with Crippen molar-refractivity contribution < 1.29 is 19.1 Å². The third-order valence-corrected chi connectivity index (χ3v) is 3.17. The van der Waals surface area contributed by atoms with Gasteiger partial charge in [-0.25, -0.2) is 0 Å². The van der Waals surface area contributed by atoms with Crippen LogP contribution in [0.3, 0.4) is 0 Å². The van der Waals surface area contributed by atoms with Gasteiger partial charge in [0.1, 0.15) is 0 Å². The van der Waals surface area contributed by atoms with Gasteiger partial charge in [-0.2, -0.15) is 0 Å². The molecule has 0 bridgehead atoms. The van der Waals surface area contributed by atoms with Crippen molar-refractivity contribution in [2.45, 2.75) is 0 Å². The Balaban J connectivity index is 1.93. The summed E-state index contributed by atoms with van der Waals surface area (Å²) in [5, 5.41) is 0. The van der Waals surface area contributed by atoms with E-state index >= 15 is 0 Å². The standard InChI is InChI=1S/C18H18N2O4/c1-23-15-10-9-14(12-16(15)24-2)18(22)20-19-17(21)11-8-13-6-4-3-5-7-13/h3-12H,1-2H3,(H,19,21)(H,20,22)/b11-8+. The molecule has 6 nitrogen and oxygen atoms in total. The highest BCUT2D eigenvalue weighted by Gasteiger charge is 2.10. The number of rotatable bonds is 5. The van der Waals surface area contributed by atoms with Crippen molar-refractivity contribution >= 4 is 17.9 Å². The van der Waals surface area contributed by atoms with Crippen molar-refractivity contribution in [2.24, 2.45) is 0 Å². The van der Waals surface area contributed by atoms with E-state index in [1.165, 1.54) is 26.4 Å². The van der Waals surface area contributed by atoms with Crippen LogP contribution in [0.25, 0.3) is 6.08 Å². The van der Waals surface area contributed by atoms with Gasteiger partial charge in [-0.3, -0.25) is 20.4 Å². The van der Waals surface area contributed by atoms with Crippen LogP contribution in [0.15, 0.2) is 54.6 Å². The molecule has 0 saturated carbocycles. The molecular weight excluding hydrogens is 308 g/mol. The minimum absolute atomic E-state index is 0.333. The van der Waals surface area contributed by atoms with Crippen LogP contribution in [-0.4, -0.2) is 26.0 Å². The van der Waals surface area contributed by atoms with E-state index in [0.717, 1.165) is 5.56 Å². The summed E-state index contributed by atoms with van der Waals surface area (Å²) >= 11 is 0. The summed E-state index contributed by atoms with van der Waals surface area (Å²) in [6.45, 7) is 0. The van der Waals surface area contributed by atoms with Crippen molar-refractivity contribution in [3.63, 3.8) is 0 Å². The zero-order valence-electron chi connectivity index (χ0n) is 13.4. The zero-order valence-corrected chi connectivity index (χ0v) is 13.4. The molecule has 0 aromatic heterocycles. The van der Waals surface area contributed by atoms with Crippen molar-refractivity contribution in [3.05, 3.63) is 65.7 Å². The van der Waals surface area contributed by atoms with Crippen molar-refractivity contribution in [1.29, 1.82) is 0 Å². The molecule has 2 aromatic rings. The number of ether oxygens (including phenoxy) is 2. The molecule has 2 aromatic carbocycles. The van der Waals surface area contributed by atoms with Gasteiger partial charge in [0.2, 0.25) is 0 Å². The quantitative estimate of drug-likeness (QED) is 0.652. The van der Waals surface area contributed by atoms with Crippen LogP contribution in [0.2, 0.25) is 0 Å². The Morgan fingerprint density at radius 3 is 2.29 bits per heavy atom. The van der Waals surface area contributed by atoms with Gasteiger partial charge in [0.25, 0.3) is 11.8 Å². The number of carbonyl (C=O) groups excluding carboxylic acids is 2. The topological polar surface area (TPSA) is 76.7 Å². The summed E-state index contributed by atoms with van der Waals surface area (Å²) in [4.78, 5) is 23.8.